The number of aliphatic hydroxyl groups is 1. The second-order valence-corrected chi connectivity index (χ2v) is 6.65. The summed E-state index contributed by atoms with van der Waals surface area (Å²) >= 11 is 0. The molecule has 2 atom stereocenters. The van der Waals surface area contributed by atoms with Gasteiger partial charge in [-0.05, 0) is 42.7 Å². The fourth-order valence-electron chi connectivity index (χ4n) is 3.11. The lowest BCUT2D eigenvalue weighted by Gasteiger charge is -2.23. The fourth-order valence-corrected chi connectivity index (χ4v) is 3.11. The number of halogens is 1. The van der Waals surface area contributed by atoms with E-state index in [0.717, 1.165) is 37.2 Å². The average molecular weight is 361 g/mol. The molecule has 0 spiro atoms. The van der Waals surface area contributed by atoms with Crippen molar-refractivity contribution < 1.29 is 19.1 Å². The molecule has 0 amide bonds. The Hall–Kier alpha value is -1.95. The van der Waals surface area contributed by atoms with Gasteiger partial charge in [-0.3, -0.25) is 0 Å². The molecule has 0 radical (unpaired) electrons. The van der Waals surface area contributed by atoms with Gasteiger partial charge in [0.05, 0.1) is 12.3 Å². The normalized spacial score (nSPS) is 13.5. The predicted molar refractivity (Wildman–Crippen MR) is 102 cm³/mol. The number of benzene rings is 1. The van der Waals surface area contributed by atoms with Gasteiger partial charge in [-0.1, -0.05) is 18.2 Å². The topological polar surface area (TPSA) is 38.8 Å². The molecule has 0 aliphatic heterocycles. The lowest BCUT2D eigenvalue weighted by Crippen LogP contribution is -3.12. The molecular weight excluding hydrogens is 331 g/mol. The maximum atomic E-state index is 13.4. The predicted octanol–water partition coefficient (Wildman–Crippen LogP) is 2.03. The zero-order valence-electron chi connectivity index (χ0n) is 15.5. The van der Waals surface area contributed by atoms with Crippen LogP contribution in [0.2, 0.25) is 0 Å². The SMILES string of the molecule is C=CCC[C@H](O)C[NH+](CCOC)Cc1cccn1Cc1cccc(F)c1. The van der Waals surface area contributed by atoms with Gasteiger partial charge in [-0.25, -0.2) is 4.39 Å². The van der Waals surface area contributed by atoms with Crippen molar-refractivity contribution in [2.24, 2.45) is 0 Å². The number of nitrogens with zero attached hydrogens (tertiary/aromatic N) is 1. The Bertz CT molecular complexity index is 672. The van der Waals surface area contributed by atoms with E-state index in [-0.39, 0.29) is 11.9 Å². The van der Waals surface area contributed by atoms with E-state index in [1.165, 1.54) is 11.0 Å². The van der Waals surface area contributed by atoms with Gasteiger partial charge in [-0.2, -0.15) is 0 Å². The number of hydrogen-bond acceptors (Lipinski definition) is 2. The highest BCUT2D eigenvalue weighted by atomic mass is 19.1. The number of quaternary nitrogens is 1. The van der Waals surface area contributed by atoms with E-state index in [1.807, 2.05) is 24.4 Å². The van der Waals surface area contributed by atoms with Crippen molar-refractivity contribution in [1.29, 1.82) is 0 Å². The third kappa shape index (κ3) is 6.75. The largest absolute Gasteiger partial charge is 0.387 e. The maximum Gasteiger partial charge on any atom is 0.123 e. The zero-order chi connectivity index (χ0) is 18.8. The lowest BCUT2D eigenvalue weighted by molar-refractivity contribution is -0.917. The van der Waals surface area contributed by atoms with Crippen molar-refractivity contribution in [3.8, 4) is 0 Å². The molecule has 1 aromatic carbocycles. The van der Waals surface area contributed by atoms with Crippen molar-refractivity contribution in [2.45, 2.75) is 32.0 Å². The number of methoxy groups -OCH3 is 1. The number of aliphatic hydroxyl groups excluding tert-OH is 1. The third-order valence-corrected chi connectivity index (χ3v) is 4.48. The highest BCUT2D eigenvalue weighted by Gasteiger charge is 2.17. The van der Waals surface area contributed by atoms with Gasteiger partial charge in [0.15, 0.2) is 0 Å². The minimum Gasteiger partial charge on any atom is -0.387 e. The van der Waals surface area contributed by atoms with E-state index >= 15 is 0 Å². The number of nitrogens with one attached hydrogen (secondary N) is 1. The first-order chi connectivity index (χ1) is 12.6. The van der Waals surface area contributed by atoms with Crippen LogP contribution in [0, 0.1) is 5.82 Å². The molecule has 0 saturated carbocycles. The van der Waals surface area contributed by atoms with Crippen LogP contribution in [0.25, 0.3) is 0 Å². The summed E-state index contributed by atoms with van der Waals surface area (Å²) < 4.78 is 20.8. The summed E-state index contributed by atoms with van der Waals surface area (Å²) in [6.45, 7) is 7.28. The fraction of sp³-hybridized carbons (Fsp3) is 0.429. The molecule has 26 heavy (non-hydrogen) atoms. The zero-order valence-corrected chi connectivity index (χ0v) is 15.5. The van der Waals surface area contributed by atoms with Crippen LogP contribution in [0.3, 0.4) is 0 Å². The van der Waals surface area contributed by atoms with Crippen molar-refractivity contribution >= 4 is 0 Å². The minimum absolute atomic E-state index is 0.214. The highest BCUT2D eigenvalue weighted by molar-refractivity contribution is 5.18. The molecule has 0 saturated heterocycles. The number of ether oxygens (including phenoxy) is 1. The first-order valence-electron chi connectivity index (χ1n) is 9.12. The molecule has 142 valence electrons. The smallest absolute Gasteiger partial charge is 0.123 e. The van der Waals surface area contributed by atoms with Crippen LogP contribution in [0.4, 0.5) is 4.39 Å². The summed E-state index contributed by atoms with van der Waals surface area (Å²) in [4.78, 5) is 1.27. The number of rotatable bonds is 12. The molecule has 1 unspecified atom stereocenters. The lowest BCUT2D eigenvalue weighted by atomic mass is 10.2. The molecular formula is C21H30FN2O2+. The third-order valence-electron chi connectivity index (χ3n) is 4.48. The molecule has 0 aliphatic rings. The first-order valence-corrected chi connectivity index (χ1v) is 9.12. The van der Waals surface area contributed by atoms with Crippen LogP contribution < -0.4 is 4.90 Å². The molecule has 2 aromatic rings. The van der Waals surface area contributed by atoms with Gasteiger partial charge in [0.1, 0.15) is 31.6 Å². The van der Waals surface area contributed by atoms with Gasteiger partial charge < -0.3 is 19.3 Å². The summed E-state index contributed by atoms with van der Waals surface area (Å²) in [5.74, 6) is -0.214. The Kier molecular flexibility index (Phi) is 8.54. The van der Waals surface area contributed by atoms with E-state index in [4.69, 9.17) is 4.74 Å². The van der Waals surface area contributed by atoms with Crippen molar-refractivity contribution in [3.05, 3.63) is 72.3 Å². The minimum atomic E-state index is -0.355. The molecule has 1 heterocycles. The number of hydrogen-bond donors (Lipinski definition) is 2. The summed E-state index contributed by atoms with van der Waals surface area (Å²) in [6, 6.07) is 10.8. The van der Waals surface area contributed by atoms with E-state index < -0.39 is 0 Å². The van der Waals surface area contributed by atoms with Crippen LogP contribution in [0.1, 0.15) is 24.1 Å². The second kappa shape index (κ2) is 10.9. The first kappa shape index (κ1) is 20.4. The number of allylic oxidation sites excluding steroid dienone is 1. The average Bonchev–Trinajstić information content (AvgIpc) is 3.04. The molecule has 0 fully saturated rings. The molecule has 2 rings (SSSR count). The van der Waals surface area contributed by atoms with Crippen molar-refractivity contribution in [3.63, 3.8) is 0 Å². The Labute approximate surface area is 155 Å². The van der Waals surface area contributed by atoms with Crippen molar-refractivity contribution in [1.82, 2.24) is 4.57 Å². The summed E-state index contributed by atoms with van der Waals surface area (Å²) in [5.41, 5.74) is 2.10. The van der Waals surface area contributed by atoms with Crippen LogP contribution in [-0.4, -0.2) is 42.6 Å². The highest BCUT2D eigenvalue weighted by Crippen LogP contribution is 2.09. The van der Waals surface area contributed by atoms with E-state index in [9.17, 15) is 9.50 Å². The Balaban J connectivity index is 2.03. The van der Waals surface area contributed by atoms with E-state index in [0.29, 0.717) is 19.7 Å². The molecule has 1 aromatic heterocycles. The van der Waals surface area contributed by atoms with E-state index in [2.05, 4.69) is 17.2 Å². The van der Waals surface area contributed by atoms with Crippen LogP contribution in [-0.2, 0) is 17.8 Å². The monoisotopic (exact) mass is 361 g/mol. The van der Waals surface area contributed by atoms with Gasteiger partial charge >= 0.3 is 0 Å². The maximum absolute atomic E-state index is 13.4. The Morgan fingerprint density at radius 2 is 2.19 bits per heavy atom. The van der Waals surface area contributed by atoms with Crippen LogP contribution >= 0.6 is 0 Å². The molecule has 4 nitrogen and oxygen atoms in total. The summed E-state index contributed by atoms with van der Waals surface area (Å²) in [6.07, 6.45) is 5.04. The second-order valence-electron chi connectivity index (χ2n) is 6.65. The molecule has 2 N–H and O–H groups in total. The van der Waals surface area contributed by atoms with Gasteiger partial charge in [0.25, 0.3) is 0 Å². The van der Waals surface area contributed by atoms with Gasteiger partial charge in [-0.15, -0.1) is 6.58 Å². The molecule has 0 aliphatic carbocycles. The van der Waals surface area contributed by atoms with E-state index in [1.54, 1.807) is 19.2 Å². The standard InChI is InChI=1S/C21H29FN2O2/c1-3-4-10-21(25)17-23(12-13-26-2)16-20-9-6-11-24(20)15-18-7-5-8-19(22)14-18/h3,5-9,11,14,21,25H,1,4,10,12-13,15-17H2,2H3/p+1/t21-/m0/s1. The quantitative estimate of drug-likeness (QED) is 0.568. The molecule has 0 bridgehead atoms. The van der Waals surface area contributed by atoms with Crippen LogP contribution in [0.15, 0.2) is 55.3 Å². The molecule has 5 heteroatoms. The summed E-state index contributed by atoms with van der Waals surface area (Å²) in [7, 11) is 1.69. The Morgan fingerprint density at radius 3 is 2.92 bits per heavy atom. The van der Waals surface area contributed by atoms with Gasteiger partial charge in [0, 0.05) is 19.9 Å². The number of aromatic nitrogens is 1. The Morgan fingerprint density at radius 1 is 1.35 bits per heavy atom. The van der Waals surface area contributed by atoms with Crippen LogP contribution in [0.5, 0.6) is 0 Å². The summed E-state index contributed by atoms with van der Waals surface area (Å²) in [5, 5.41) is 10.3. The van der Waals surface area contributed by atoms with Crippen molar-refractivity contribution in [2.75, 3.05) is 26.8 Å². The van der Waals surface area contributed by atoms with Gasteiger partial charge in [0.2, 0.25) is 0 Å².